The summed E-state index contributed by atoms with van der Waals surface area (Å²) in [7, 11) is 3.21. The molecule has 4 aromatic rings. The van der Waals surface area contributed by atoms with Gasteiger partial charge in [0.15, 0.2) is 0 Å². The van der Waals surface area contributed by atoms with Crippen LogP contribution in [0.5, 0.6) is 17.6 Å². The second-order valence-electron chi connectivity index (χ2n) is 14.8. The molecule has 0 radical (unpaired) electrons. The van der Waals surface area contributed by atoms with E-state index in [0.717, 1.165) is 82.6 Å². The SMILES string of the molecule is COc1nc(O[C@H]2CCc3c(-c4cccc(-c5cc(C)c(CN6CC7C(C(=O)O)[C@@H]7C6)c(OC)n5)c4Cl)cccc32)c(Cl)cc1CNC[C@@H]1CCC(=O)N1. The molecule has 5 atom stereocenters. The van der Waals surface area contributed by atoms with Crippen LogP contribution in [0.15, 0.2) is 48.5 Å². The Morgan fingerprint density at radius 1 is 0.963 bits per heavy atom. The number of halogens is 2. The van der Waals surface area contributed by atoms with Crippen LogP contribution >= 0.6 is 23.2 Å². The third-order valence-electron chi connectivity index (χ3n) is 11.4. The number of nitrogens with one attached hydrogen (secondary N) is 2. The highest BCUT2D eigenvalue weighted by Crippen LogP contribution is 2.52. The van der Waals surface area contributed by atoms with Crippen molar-refractivity contribution in [3.05, 3.63) is 86.4 Å². The minimum atomic E-state index is -0.680. The number of hydrogen-bond acceptors (Lipinski definition) is 9. The van der Waals surface area contributed by atoms with Gasteiger partial charge in [0, 0.05) is 67.4 Å². The van der Waals surface area contributed by atoms with Crippen molar-refractivity contribution in [2.45, 2.75) is 57.8 Å². The van der Waals surface area contributed by atoms with Gasteiger partial charge >= 0.3 is 5.97 Å². The van der Waals surface area contributed by atoms with E-state index < -0.39 is 5.97 Å². The fourth-order valence-corrected chi connectivity index (χ4v) is 9.20. The first-order valence-corrected chi connectivity index (χ1v) is 19.2. The fourth-order valence-electron chi connectivity index (χ4n) is 8.66. The number of methoxy groups -OCH3 is 2. The molecule has 282 valence electrons. The van der Waals surface area contributed by atoms with Crippen LogP contribution < -0.4 is 24.8 Å². The van der Waals surface area contributed by atoms with Crippen LogP contribution in [-0.4, -0.2) is 71.7 Å². The van der Waals surface area contributed by atoms with Crippen LogP contribution in [0.25, 0.3) is 22.4 Å². The molecule has 0 spiro atoms. The molecule has 1 saturated carbocycles. The molecule has 2 aromatic carbocycles. The zero-order valence-corrected chi connectivity index (χ0v) is 32.0. The molecule has 2 aliphatic heterocycles. The van der Waals surface area contributed by atoms with Gasteiger partial charge in [-0.3, -0.25) is 14.5 Å². The summed E-state index contributed by atoms with van der Waals surface area (Å²) in [6, 6.07) is 16.2. The maximum Gasteiger partial charge on any atom is 0.307 e. The van der Waals surface area contributed by atoms with Crippen molar-refractivity contribution in [3.8, 4) is 40.0 Å². The average Bonchev–Trinajstić information content (AvgIpc) is 3.47. The van der Waals surface area contributed by atoms with Crippen LogP contribution in [0, 0.1) is 24.7 Å². The van der Waals surface area contributed by atoms with E-state index in [9.17, 15) is 14.7 Å². The maximum absolute atomic E-state index is 11.5. The van der Waals surface area contributed by atoms with Crippen molar-refractivity contribution < 1.29 is 28.9 Å². The first-order valence-electron chi connectivity index (χ1n) is 18.4. The lowest BCUT2D eigenvalue weighted by Gasteiger charge is -2.22. The standard InChI is InChI=1S/C41H43Cl2N5O6/c1-21-14-33(46-39(53-3)29(21)18-48-19-30-31(20-48)36(30)41(50)51)28-9-5-8-27(37(28)43)24-6-4-7-26-25(24)11-12-34(26)54-40-32(42)15-22(38(47-40)52-2)16-44-17-23-10-13-35(49)45-23/h4-9,14-15,23,30-31,34,36,44H,10-13,16-20H2,1-3H3,(H,45,49)(H,50,51)/t23-,30+,31?,34-,36?/m0/s1. The molecule has 4 aliphatic rings. The van der Waals surface area contributed by atoms with E-state index in [1.54, 1.807) is 14.2 Å². The molecule has 2 unspecified atom stereocenters. The number of fused-ring (bicyclic) bond motifs is 2. The Hall–Kier alpha value is -4.42. The monoisotopic (exact) mass is 771 g/mol. The molecule has 3 N–H and O–H groups in total. The molecule has 11 nitrogen and oxygen atoms in total. The smallest absolute Gasteiger partial charge is 0.307 e. The molecule has 3 fully saturated rings. The average molecular weight is 773 g/mol. The summed E-state index contributed by atoms with van der Waals surface area (Å²) < 4.78 is 17.9. The number of carbonyl (C=O) groups is 2. The summed E-state index contributed by atoms with van der Waals surface area (Å²) in [4.78, 5) is 34.9. The number of amides is 1. The minimum absolute atomic E-state index is 0.0867. The number of benzene rings is 2. The highest BCUT2D eigenvalue weighted by Gasteiger charge is 2.59. The fraction of sp³-hybridized carbons (Fsp3) is 0.415. The number of carboxylic acids is 1. The Kier molecular flexibility index (Phi) is 10.2. The van der Waals surface area contributed by atoms with Gasteiger partial charge in [0.05, 0.1) is 30.9 Å². The molecule has 54 heavy (non-hydrogen) atoms. The second-order valence-corrected chi connectivity index (χ2v) is 15.5. The summed E-state index contributed by atoms with van der Waals surface area (Å²) in [6.07, 6.45) is 2.65. The summed E-state index contributed by atoms with van der Waals surface area (Å²) in [5, 5.41) is 16.8. The molecular weight excluding hydrogens is 729 g/mol. The summed E-state index contributed by atoms with van der Waals surface area (Å²) in [5.41, 5.74) is 8.55. The van der Waals surface area contributed by atoms with Crippen molar-refractivity contribution >= 4 is 35.1 Å². The molecule has 13 heteroatoms. The third kappa shape index (κ3) is 6.98. The van der Waals surface area contributed by atoms with Gasteiger partial charge in [0.25, 0.3) is 0 Å². The van der Waals surface area contributed by atoms with Crippen LogP contribution in [0.3, 0.4) is 0 Å². The number of ether oxygens (including phenoxy) is 3. The number of hydrogen-bond donors (Lipinski definition) is 3. The highest BCUT2D eigenvalue weighted by molar-refractivity contribution is 6.36. The Bertz CT molecular complexity index is 2120. The van der Waals surface area contributed by atoms with Crippen molar-refractivity contribution in [1.29, 1.82) is 0 Å². The van der Waals surface area contributed by atoms with E-state index in [1.807, 2.05) is 30.3 Å². The summed E-state index contributed by atoms with van der Waals surface area (Å²) in [5.74, 6) is 0.978. The van der Waals surface area contributed by atoms with E-state index in [4.69, 9.17) is 42.4 Å². The summed E-state index contributed by atoms with van der Waals surface area (Å²) in [6.45, 7) is 5.40. The second kappa shape index (κ2) is 15.0. The lowest BCUT2D eigenvalue weighted by atomic mass is 9.94. The van der Waals surface area contributed by atoms with Gasteiger partial charge in [-0.05, 0) is 72.4 Å². The quantitative estimate of drug-likeness (QED) is 0.136. The number of rotatable bonds is 13. The molecule has 2 aromatic heterocycles. The number of pyridine rings is 2. The first-order chi connectivity index (χ1) is 26.1. The van der Waals surface area contributed by atoms with Gasteiger partial charge in [0.1, 0.15) is 11.1 Å². The normalized spacial score (nSPS) is 22.8. The third-order valence-corrected chi connectivity index (χ3v) is 12.1. The Morgan fingerprint density at radius 2 is 1.70 bits per heavy atom. The highest BCUT2D eigenvalue weighted by atomic mass is 35.5. The number of aryl methyl sites for hydroxylation is 1. The zero-order valence-electron chi connectivity index (χ0n) is 30.5. The number of aliphatic carboxylic acids is 1. The molecule has 8 rings (SSSR count). The Morgan fingerprint density at radius 3 is 2.43 bits per heavy atom. The largest absolute Gasteiger partial charge is 0.481 e. The number of aromatic nitrogens is 2. The van der Waals surface area contributed by atoms with Crippen molar-refractivity contribution in [1.82, 2.24) is 25.5 Å². The van der Waals surface area contributed by atoms with Crippen LogP contribution in [-0.2, 0) is 29.1 Å². The van der Waals surface area contributed by atoms with E-state index in [-0.39, 0.29) is 35.8 Å². The van der Waals surface area contributed by atoms with Gasteiger partial charge in [-0.15, -0.1) is 0 Å². The number of carboxylic acid groups (broad SMARTS) is 1. The van der Waals surface area contributed by atoms with E-state index in [2.05, 4.69) is 45.6 Å². The summed E-state index contributed by atoms with van der Waals surface area (Å²) >= 11 is 14.0. The molecule has 4 heterocycles. The molecular formula is C41H43Cl2N5O6. The molecule has 2 saturated heterocycles. The number of nitrogens with zero attached hydrogens (tertiary/aromatic N) is 3. The number of likely N-dealkylation sites (tertiary alicyclic amines) is 1. The van der Waals surface area contributed by atoms with Crippen LogP contribution in [0.4, 0.5) is 0 Å². The van der Waals surface area contributed by atoms with Gasteiger partial charge in [0.2, 0.25) is 23.5 Å². The Balaban J connectivity index is 0.997. The predicted molar refractivity (Wildman–Crippen MR) is 205 cm³/mol. The van der Waals surface area contributed by atoms with Gasteiger partial charge in [-0.2, -0.15) is 4.98 Å². The van der Waals surface area contributed by atoms with Gasteiger partial charge in [-0.1, -0.05) is 59.6 Å². The Labute approximate surface area is 324 Å². The number of carbonyl (C=O) groups excluding carboxylic acids is 1. The molecule has 0 bridgehead atoms. The topological polar surface area (TPSA) is 135 Å². The number of piperidine rings is 1. The van der Waals surface area contributed by atoms with Crippen molar-refractivity contribution in [2.24, 2.45) is 17.8 Å². The molecule has 1 amide bonds. The lowest BCUT2D eigenvalue weighted by Crippen LogP contribution is -2.35. The van der Waals surface area contributed by atoms with E-state index >= 15 is 0 Å². The van der Waals surface area contributed by atoms with Gasteiger partial charge in [-0.25, -0.2) is 4.98 Å². The maximum atomic E-state index is 11.5. The van der Waals surface area contributed by atoms with Crippen molar-refractivity contribution in [2.75, 3.05) is 33.9 Å². The first kappa shape index (κ1) is 36.6. The zero-order chi connectivity index (χ0) is 37.7. The lowest BCUT2D eigenvalue weighted by molar-refractivity contribution is -0.139. The van der Waals surface area contributed by atoms with E-state index in [0.29, 0.717) is 53.7 Å². The van der Waals surface area contributed by atoms with Crippen LogP contribution in [0.1, 0.15) is 53.2 Å². The van der Waals surface area contributed by atoms with Crippen molar-refractivity contribution in [3.63, 3.8) is 0 Å². The molecule has 2 aliphatic carbocycles. The predicted octanol–water partition coefficient (Wildman–Crippen LogP) is 6.64. The van der Waals surface area contributed by atoms with Crippen LogP contribution in [0.2, 0.25) is 10.0 Å². The minimum Gasteiger partial charge on any atom is -0.481 e. The van der Waals surface area contributed by atoms with E-state index in [1.165, 1.54) is 0 Å². The van der Waals surface area contributed by atoms with Gasteiger partial charge < -0.3 is 30.0 Å².